The van der Waals surface area contributed by atoms with E-state index in [1.54, 1.807) is 45.0 Å². The Hall–Kier alpha value is -3.04. The summed E-state index contributed by atoms with van der Waals surface area (Å²) in [7, 11) is -3.68. The normalized spacial score (nSPS) is 11.6. The maximum Gasteiger partial charge on any atom is 0.256 e. The molecule has 7 nitrogen and oxygen atoms in total. The quantitative estimate of drug-likeness (QED) is 0.621. The number of carbonyl (C=O) groups is 1. The number of benzene rings is 2. The predicted octanol–water partition coefficient (Wildman–Crippen LogP) is 3.60. The third-order valence-electron chi connectivity index (χ3n) is 4.58. The van der Waals surface area contributed by atoms with Crippen LogP contribution in [0.15, 0.2) is 59.5 Å². The number of carbonyl (C=O) groups excluding carboxylic acids is 1. The van der Waals surface area contributed by atoms with Crippen molar-refractivity contribution in [2.45, 2.75) is 25.7 Å². The molecule has 30 heavy (non-hydrogen) atoms. The van der Waals surface area contributed by atoms with Gasteiger partial charge >= 0.3 is 0 Å². The van der Waals surface area contributed by atoms with Gasteiger partial charge in [-0.1, -0.05) is 19.9 Å². The van der Waals surface area contributed by atoms with Crippen LogP contribution in [-0.4, -0.2) is 41.5 Å². The van der Waals surface area contributed by atoms with Crippen LogP contribution in [-0.2, 0) is 10.0 Å². The summed E-state index contributed by atoms with van der Waals surface area (Å²) in [5.74, 6) is -0.463. The Bertz CT molecular complexity index is 1150. The topological polar surface area (TPSA) is 84.3 Å². The number of aryl methyl sites for hydroxylation is 1. The van der Waals surface area contributed by atoms with E-state index in [0.717, 1.165) is 0 Å². The molecule has 0 spiro atoms. The lowest BCUT2D eigenvalue weighted by molar-refractivity contribution is 0.102. The molecule has 158 valence electrons. The van der Waals surface area contributed by atoms with Crippen LogP contribution in [0.4, 0.5) is 10.2 Å². The first-order chi connectivity index (χ1) is 14.3. The molecule has 3 rings (SSSR count). The maximum atomic E-state index is 13.2. The van der Waals surface area contributed by atoms with Crippen molar-refractivity contribution in [2.24, 2.45) is 0 Å². The summed E-state index contributed by atoms with van der Waals surface area (Å²) >= 11 is 0. The summed E-state index contributed by atoms with van der Waals surface area (Å²) in [6, 6.07) is 13.3. The smallest absolute Gasteiger partial charge is 0.256 e. The van der Waals surface area contributed by atoms with Crippen LogP contribution in [0.5, 0.6) is 0 Å². The Balaban J connectivity index is 1.90. The lowest BCUT2D eigenvalue weighted by Crippen LogP contribution is -2.30. The number of aromatic nitrogens is 2. The first-order valence-corrected chi connectivity index (χ1v) is 10.9. The maximum absolute atomic E-state index is 13.2. The number of sulfonamides is 1. The van der Waals surface area contributed by atoms with Gasteiger partial charge in [0.25, 0.3) is 5.91 Å². The van der Waals surface area contributed by atoms with Gasteiger partial charge in [0.15, 0.2) is 0 Å². The van der Waals surface area contributed by atoms with E-state index in [1.807, 2.05) is 0 Å². The molecule has 0 unspecified atom stereocenters. The van der Waals surface area contributed by atoms with Crippen molar-refractivity contribution in [3.63, 3.8) is 0 Å². The van der Waals surface area contributed by atoms with E-state index in [-0.39, 0.29) is 16.3 Å². The van der Waals surface area contributed by atoms with Crippen molar-refractivity contribution in [2.75, 3.05) is 18.4 Å². The molecule has 3 aromatic rings. The molecule has 0 radical (unpaired) electrons. The summed E-state index contributed by atoms with van der Waals surface area (Å²) < 4.78 is 41.5. The van der Waals surface area contributed by atoms with Gasteiger partial charge in [-0.15, -0.1) is 0 Å². The highest BCUT2D eigenvalue weighted by Gasteiger charge is 2.23. The predicted molar refractivity (Wildman–Crippen MR) is 113 cm³/mol. The fourth-order valence-corrected chi connectivity index (χ4v) is 4.57. The second kappa shape index (κ2) is 8.76. The molecule has 1 N–H and O–H groups in total. The molecule has 1 aromatic heterocycles. The Labute approximate surface area is 175 Å². The van der Waals surface area contributed by atoms with E-state index < -0.39 is 15.9 Å². The van der Waals surface area contributed by atoms with E-state index >= 15 is 0 Å². The van der Waals surface area contributed by atoms with Crippen molar-refractivity contribution in [3.05, 3.63) is 71.7 Å². The Morgan fingerprint density at radius 2 is 1.77 bits per heavy atom. The van der Waals surface area contributed by atoms with Gasteiger partial charge < -0.3 is 5.32 Å². The molecule has 1 amide bonds. The number of amides is 1. The van der Waals surface area contributed by atoms with E-state index in [4.69, 9.17) is 0 Å². The lowest BCUT2D eigenvalue weighted by atomic mass is 10.2. The summed E-state index contributed by atoms with van der Waals surface area (Å²) in [6.45, 7) is 5.97. The van der Waals surface area contributed by atoms with Crippen molar-refractivity contribution >= 4 is 21.7 Å². The number of halogens is 1. The third kappa shape index (κ3) is 4.42. The number of hydrogen-bond donors (Lipinski definition) is 1. The Morgan fingerprint density at radius 3 is 2.40 bits per heavy atom. The summed E-state index contributed by atoms with van der Waals surface area (Å²) in [5.41, 5.74) is 1.44. The minimum Gasteiger partial charge on any atom is -0.306 e. The molecular formula is C21H23FN4O3S. The standard InChI is InChI=1S/C21H23FN4O3S/c1-4-25(5-2)30(28,29)19-8-6-7-16(14-19)21(27)23-20-13-15(3)24-26(20)18-11-9-17(22)10-12-18/h6-14H,4-5H2,1-3H3,(H,23,27). The number of rotatable bonds is 7. The molecule has 9 heteroatoms. The van der Waals surface area contributed by atoms with Gasteiger partial charge in [0.05, 0.1) is 16.3 Å². The van der Waals surface area contributed by atoms with E-state index in [1.165, 1.54) is 39.3 Å². The van der Waals surface area contributed by atoms with Crippen LogP contribution in [0.2, 0.25) is 0 Å². The van der Waals surface area contributed by atoms with Crippen LogP contribution >= 0.6 is 0 Å². The molecule has 0 aliphatic rings. The molecule has 0 fully saturated rings. The van der Waals surface area contributed by atoms with Gasteiger partial charge in [-0.25, -0.2) is 17.5 Å². The van der Waals surface area contributed by atoms with Crippen LogP contribution < -0.4 is 5.32 Å². The van der Waals surface area contributed by atoms with Gasteiger partial charge in [-0.2, -0.15) is 9.40 Å². The van der Waals surface area contributed by atoms with E-state index in [0.29, 0.717) is 30.3 Å². The molecule has 0 bridgehead atoms. The average molecular weight is 431 g/mol. The summed E-state index contributed by atoms with van der Waals surface area (Å²) in [6.07, 6.45) is 0. The molecule has 2 aromatic carbocycles. The minimum absolute atomic E-state index is 0.0575. The van der Waals surface area contributed by atoms with Crippen LogP contribution in [0.3, 0.4) is 0 Å². The first-order valence-electron chi connectivity index (χ1n) is 9.50. The zero-order chi connectivity index (χ0) is 21.9. The van der Waals surface area contributed by atoms with Crippen LogP contribution in [0, 0.1) is 12.7 Å². The highest BCUT2D eigenvalue weighted by Crippen LogP contribution is 2.20. The molecule has 0 saturated carbocycles. The van der Waals surface area contributed by atoms with Gasteiger partial charge in [0, 0.05) is 24.7 Å². The molecule has 0 aliphatic carbocycles. The third-order valence-corrected chi connectivity index (χ3v) is 6.63. The molecule has 0 atom stereocenters. The van der Waals surface area contributed by atoms with Gasteiger partial charge in [-0.3, -0.25) is 4.79 Å². The van der Waals surface area contributed by atoms with Crippen molar-refractivity contribution in [3.8, 4) is 5.69 Å². The fourth-order valence-electron chi connectivity index (χ4n) is 3.07. The zero-order valence-corrected chi connectivity index (χ0v) is 17.8. The lowest BCUT2D eigenvalue weighted by Gasteiger charge is -2.18. The molecule has 0 saturated heterocycles. The van der Waals surface area contributed by atoms with Crippen molar-refractivity contribution in [1.29, 1.82) is 0 Å². The van der Waals surface area contributed by atoms with E-state index in [9.17, 15) is 17.6 Å². The number of hydrogen-bond acceptors (Lipinski definition) is 4. The first kappa shape index (κ1) is 21.7. The van der Waals surface area contributed by atoms with E-state index in [2.05, 4.69) is 10.4 Å². The second-order valence-corrected chi connectivity index (χ2v) is 8.57. The van der Waals surface area contributed by atoms with Gasteiger partial charge in [0.2, 0.25) is 10.0 Å². The molecule has 0 aliphatic heterocycles. The Kier molecular flexibility index (Phi) is 6.33. The number of nitrogens with zero attached hydrogens (tertiary/aromatic N) is 3. The average Bonchev–Trinajstić information content (AvgIpc) is 3.09. The number of nitrogens with one attached hydrogen (secondary N) is 1. The molecule has 1 heterocycles. The SMILES string of the molecule is CCN(CC)S(=O)(=O)c1cccc(C(=O)Nc2cc(C)nn2-c2ccc(F)cc2)c1. The Morgan fingerprint density at radius 1 is 1.10 bits per heavy atom. The van der Waals surface area contributed by atoms with Gasteiger partial charge in [0.1, 0.15) is 11.6 Å². The monoisotopic (exact) mass is 430 g/mol. The van der Waals surface area contributed by atoms with Crippen molar-refractivity contribution in [1.82, 2.24) is 14.1 Å². The zero-order valence-electron chi connectivity index (χ0n) is 17.0. The summed E-state index contributed by atoms with van der Waals surface area (Å²) in [5, 5.41) is 7.09. The number of anilines is 1. The molecular weight excluding hydrogens is 407 g/mol. The second-order valence-electron chi connectivity index (χ2n) is 6.63. The highest BCUT2D eigenvalue weighted by atomic mass is 32.2. The van der Waals surface area contributed by atoms with Crippen LogP contribution in [0.1, 0.15) is 29.9 Å². The largest absolute Gasteiger partial charge is 0.306 e. The van der Waals surface area contributed by atoms with Crippen LogP contribution in [0.25, 0.3) is 5.69 Å². The summed E-state index contributed by atoms with van der Waals surface area (Å²) in [4.78, 5) is 12.9. The van der Waals surface area contributed by atoms with Crippen molar-refractivity contribution < 1.29 is 17.6 Å². The van der Waals surface area contributed by atoms with Gasteiger partial charge in [-0.05, 0) is 49.4 Å². The minimum atomic E-state index is -3.68. The highest BCUT2D eigenvalue weighted by molar-refractivity contribution is 7.89. The fraction of sp³-hybridized carbons (Fsp3) is 0.238.